The van der Waals surface area contributed by atoms with Crippen LogP contribution in [-0.2, 0) is 14.4 Å². The third kappa shape index (κ3) is 13.9. The molecule has 0 aliphatic carbocycles. The van der Waals surface area contributed by atoms with Crippen LogP contribution >= 0.6 is 0 Å². The van der Waals surface area contributed by atoms with Crippen molar-refractivity contribution in [1.29, 1.82) is 0 Å². The Kier molecular flexibility index (Phi) is 17.6. The Hall–Kier alpha value is -1.63. The summed E-state index contributed by atoms with van der Waals surface area (Å²) in [6, 6.07) is -0.339. The summed E-state index contributed by atoms with van der Waals surface area (Å²) in [5.74, 6) is 0.0219. The number of nitrogens with two attached hydrogens (primary N) is 1. The van der Waals surface area contributed by atoms with Crippen molar-refractivity contribution in [2.75, 3.05) is 32.7 Å². The summed E-state index contributed by atoms with van der Waals surface area (Å²) in [4.78, 5) is 40.8. The minimum absolute atomic E-state index is 0.0933. The molecule has 1 unspecified atom stereocenters. The molecular weight excluding hydrogens is 428 g/mol. The zero-order chi connectivity index (χ0) is 25.0. The summed E-state index contributed by atoms with van der Waals surface area (Å²) >= 11 is 0. The number of primary amides is 1. The molecule has 0 aromatic carbocycles. The topological polar surface area (TPSA) is 95.7 Å². The molecule has 1 heterocycles. The molecule has 0 spiro atoms. The molecule has 7 nitrogen and oxygen atoms in total. The molecule has 198 valence electrons. The van der Waals surface area contributed by atoms with Crippen LogP contribution < -0.4 is 11.1 Å². The molecule has 0 bridgehead atoms. The lowest BCUT2D eigenvalue weighted by molar-refractivity contribution is -0.133. The largest absolute Gasteiger partial charge is 0.370 e. The molecule has 1 aliphatic rings. The third-order valence-corrected chi connectivity index (χ3v) is 6.77. The molecule has 1 aliphatic heterocycles. The maximum absolute atomic E-state index is 12.8. The van der Waals surface area contributed by atoms with E-state index in [0.29, 0.717) is 18.7 Å². The van der Waals surface area contributed by atoms with Crippen molar-refractivity contribution in [3.8, 4) is 0 Å². The molecule has 1 rings (SSSR count). The van der Waals surface area contributed by atoms with Gasteiger partial charge in [0.25, 0.3) is 0 Å². The van der Waals surface area contributed by atoms with Crippen molar-refractivity contribution >= 4 is 17.7 Å². The number of rotatable bonds is 21. The summed E-state index contributed by atoms with van der Waals surface area (Å²) in [5, 5.41) is 3.35. The van der Waals surface area contributed by atoms with Crippen LogP contribution in [0.25, 0.3) is 0 Å². The number of hydrogen-bond acceptors (Lipinski definition) is 4. The average Bonchev–Trinajstić information content (AvgIpc) is 3.36. The lowest BCUT2D eigenvalue weighted by atomic mass is 10.1. The lowest BCUT2D eigenvalue weighted by Crippen LogP contribution is -2.46. The van der Waals surface area contributed by atoms with E-state index in [4.69, 9.17) is 5.73 Å². The number of carbonyl (C=O) groups is 3. The number of nitrogens with zero attached hydrogens (tertiary/aromatic N) is 2. The van der Waals surface area contributed by atoms with E-state index in [0.717, 1.165) is 77.7 Å². The van der Waals surface area contributed by atoms with Gasteiger partial charge in [0.1, 0.15) is 0 Å². The first kappa shape index (κ1) is 30.4. The first-order valence-corrected chi connectivity index (χ1v) is 14.1. The van der Waals surface area contributed by atoms with Gasteiger partial charge in [-0.2, -0.15) is 0 Å². The average molecular weight is 481 g/mol. The molecular formula is C27H52N4O3. The summed E-state index contributed by atoms with van der Waals surface area (Å²) < 4.78 is 0. The number of likely N-dealkylation sites (tertiary alicyclic amines) is 1. The van der Waals surface area contributed by atoms with Crippen LogP contribution in [0.4, 0.5) is 0 Å². The molecule has 0 radical (unpaired) electrons. The first-order chi connectivity index (χ1) is 16.5. The molecule has 1 atom stereocenters. The second kappa shape index (κ2) is 19.7. The van der Waals surface area contributed by atoms with E-state index >= 15 is 0 Å². The second-order valence-corrected chi connectivity index (χ2v) is 9.86. The molecule has 34 heavy (non-hydrogen) atoms. The van der Waals surface area contributed by atoms with Crippen LogP contribution in [0.3, 0.4) is 0 Å². The normalized spacial score (nSPS) is 14.4. The van der Waals surface area contributed by atoms with Crippen LogP contribution in [0.1, 0.15) is 117 Å². The molecule has 7 heteroatoms. The van der Waals surface area contributed by atoms with Crippen molar-refractivity contribution in [2.45, 2.75) is 123 Å². The predicted octanol–water partition coefficient (Wildman–Crippen LogP) is 4.38. The Morgan fingerprint density at radius 3 is 1.97 bits per heavy atom. The monoisotopic (exact) mass is 480 g/mol. The summed E-state index contributed by atoms with van der Waals surface area (Å²) in [7, 11) is 0. The minimum atomic E-state index is -0.367. The van der Waals surface area contributed by atoms with E-state index < -0.39 is 0 Å². The van der Waals surface area contributed by atoms with Crippen molar-refractivity contribution in [2.24, 2.45) is 5.73 Å². The lowest BCUT2D eigenvalue weighted by Gasteiger charge is -2.24. The number of amides is 3. The number of unbranched alkanes of at least 4 members (excludes halogenated alkanes) is 8. The highest BCUT2D eigenvalue weighted by Gasteiger charge is 2.26. The highest BCUT2D eigenvalue weighted by Crippen LogP contribution is 2.13. The van der Waals surface area contributed by atoms with Gasteiger partial charge >= 0.3 is 0 Å². The molecule has 3 amide bonds. The Labute approximate surface area is 208 Å². The van der Waals surface area contributed by atoms with Crippen LogP contribution in [-0.4, -0.2) is 66.3 Å². The van der Waals surface area contributed by atoms with Crippen molar-refractivity contribution < 1.29 is 14.4 Å². The Morgan fingerprint density at radius 2 is 1.41 bits per heavy atom. The van der Waals surface area contributed by atoms with Gasteiger partial charge in [-0.1, -0.05) is 58.8 Å². The van der Waals surface area contributed by atoms with Gasteiger partial charge < -0.3 is 20.9 Å². The van der Waals surface area contributed by atoms with Gasteiger partial charge in [-0.05, 0) is 51.5 Å². The van der Waals surface area contributed by atoms with Crippen LogP contribution in [0, 0.1) is 0 Å². The SMILES string of the molecule is CCCCCCN(CCCCCC)C(=O)CCCCCNC(CCC(N)=O)C(=O)N1CCCC1. The maximum Gasteiger partial charge on any atom is 0.239 e. The van der Waals surface area contributed by atoms with Gasteiger partial charge in [-0.25, -0.2) is 0 Å². The highest BCUT2D eigenvalue weighted by atomic mass is 16.2. The zero-order valence-corrected chi connectivity index (χ0v) is 22.1. The molecule has 0 saturated carbocycles. The van der Waals surface area contributed by atoms with Gasteiger partial charge in [-0.3, -0.25) is 14.4 Å². The van der Waals surface area contributed by atoms with Crippen LogP contribution in [0.15, 0.2) is 0 Å². The minimum Gasteiger partial charge on any atom is -0.370 e. The van der Waals surface area contributed by atoms with E-state index in [2.05, 4.69) is 24.1 Å². The number of hydrogen-bond donors (Lipinski definition) is 2. The van der Waals surface area contributed by atoms with Gasteiger partial charge in [0, 0.05) is 39.0 Å². The number of nitrogens with one attached hydrogen (secondary N) is 1. The van der Waals surface area contributed by atoms with E-state index in [-0.39, 0.29) is 24.3 Å². The molecule has 0 aromatic heterocycles. The number of carbonyl (C=O) groups excluding carboxylic acids is 3. The van der Waals surface area contributed by atoms with E-state index in [1.165, 1.54) is 38.5 Å². The van der Waals surface area contributed by atoms with Crippen molar-refractivity contribution in [3.05, 3.63) is 0 Å². The molecule has 3 N–H and O–H groups in total. The second-order valence-electron chi connectivity index (χ2n) is 9.86. The van der Waals surface area contributed by atoms with Gasteiger partial charge in [0.2, 0.25) is 17.7 Å². The standard InChI is InChI=1S/C27H52N4O3/c1-3-5-7-12-20-30(21-13-8-6-4-2)26(33)16-10-9-11-19-29-24(17-18-25(28)32)27(34)31-22-14-15-23-31/h24,29H,3-23H2,1-2H3,(H2,28,32). The maximum atomic E-state index is 12.8. The van der Waals surface area contributed by atoms with Gasteiger partial charge in [-0.15, -0.1) is 0 Å². The van der Waals surface area contributed by atoms with Crippen molar-refractivity contribution in [1.82, 2.24) is 15.1 Å². The van der Waals surface area contributed by atoms with Crippen LogP contribution in [0.5, 0.6) is 0 Å². The first-order valence-electron chi connectivity index (χ1n) is 14.1. The van der Waals surface area contributed by atoms with Crippen molar-refractivity contribution in [3.63, 3.8) is 0 Å². The smallest absolute Gasteiger partial charge is 0.239 e. The molecule has 0 aromatic rings. The van der Waals surface area contributed by atoms with Gasteiger partial charge in [0.15, 0.2) is 0 Å². The Morgan fingerprint density at radius 1 is 0.824 bits per heavy atom. The van der Waals surface area contributed by atoms with Crippen LogP contribution in [0.2, 0.25) is 0 Å². The quantitative estimate of drug-likeness (QED) is 0.238. The Balaban J connectivity index is 2.33. The van der Waals surface area contributed by atoms with E-state index in [1.54, 1.807) is 0 Å². The molecule has 1 saturated heterocycles. The summed E-state index contributed by atoms with van der Waals surface area (Å²) in [5.41, 5.74) is 5.30. The fourth-order valence-corrected chi connectivity index (χ4v) is 4.59. The van der Waals surface area contributed by atoms with E-state index in [1.807, 2.05) is 4.90 Å². The summed E-state index contributed by atoms with van der Waals surface area (Å²) in [6.07, 6.45) is 15.7. The summed E-state index contributed by atoms with van der Waals surface area (Å²) in [6.45, 7) is 8.55. The Bertz CT molecular complexity index is 552. The highest BCUT2D eigenvalue weighted by molar-refractivity contribution is 5.83. The van der Waals surface area contributed by atoms with Gasteiger partial charge in [0.05, 0.1) is 6.04 Å². The fourth-order valence-electron chi connectivity index (χ4n) is 4.59. The van der Waals surface area contributed by atoms with E-state index in [9.17, 15) is 14.4 Å². The fraction of sp³-hybridized carbons (Fsp3) is 0.889. The third-order valence-electron chi connectivity index (χ3n) is 6.77. The predicted molar refractivity (Wildman–Crippen MR) is 139 cm³/mol. The zero-order valence-electron chi connectivity index (χ0n) is 22.1. The molecule has 1 fully saturated rings.